The van der Waals surface area contributed by atoms with E-state index in [0.29, 0.717) is 24.5 Å². The molecule has 3 N–H and O–H groups in total. The summed E-state index contributed by atoms with van der Waals surface area (Å²) in [6.07, 6.45) is 3.52. The Morgan fingerprint density at radius 2 is 1.65 bits per heavy atom. The van der Waals surface area contributed by atoms with Crippen molar-refractivity contribution in [3.8, 4) is 0 Å². The molecule has 136 valence electrons. The van der Waals surface area contributed by atoms with E-state index in [9.17, 15) is 9.59 Å². The monoisotopic (exact) mass is 355 g/mol. The lowest BCUT2D eigenvalue weighted by molar-refractivity contribution is -0.134. The van der Waals surface area contributed by atoms with Crippen molar-refractivity contribution in [1.82, 2.24) is 9.88 Å². The lowest BCUT2D eigenvalue weighted by Crippen LogP contribution is -2.50. The Kier molecular flexibility index (Phi) is 5.52. The molecule has 2 heterocycles. The number of pyridine rings is 1. The largest absolute Gasteiger partial charge is 0.480 e. The zero-order chi connectivity index (χ0) is 18.4. The number of amides is 2. The van der Waals surface area contributed by atoms with E-state index in [1.54, 1.807) is 41.6 Å². The number of nitrogens with zero attached hydrogens (tertiary/aromatic N) is 3. The maximum Gasteiger partial charge on any atom is 0.322 e. The molecule has 1 aromatic carbocycles. The molecule has 2 amide bonds. The molecule has 3 rings (SSSR count). The number of hydrogen-bond donors (Lipinski definition) is 3. The summed E-state index contributed by atoms with van der Waals surface area (Å²) in [5.41, 5.74) is 2.25. The highest BCUT2D eigenvalue weighted by Gasteiger charge is 2.21. The number of urea groups is 1. The molecule has 1 aliphatic heterocycles. The van der Waals surface area contributed by atoms with E-state index >= 15 is 0 Å². The molecular formula is C18H21N5O3. The van der Waals surface area contributed by atoms with E-state index in [4.69, 9.17) is 5.11 Å². The Morgan fingerprint density at radius 3 is 2.31 bits per heavy atom. The Hall–Kier alpha value is -3.29. The first-order valence-electron chi connectivity index (χ1n) is 8.39. The molecule has 0 unspecified atom stereocenters. The molecule has 0 atom stereocenters. The third-order valence-electron chi connectivity index (χ3n) is 4.19. The summed E-state index contributed by atoms with van der Waals surface area (Å²) in [4.78, 5) is 31.3. The van der Waals surface area contributed by atoms with Crippen LogP contribution >= 0.6 is 0 Å². The highest BCUT2D eigenvalue weighted by Crippen LogP contribution is 2.22. The number of aromatic nitrogens is 1. The molecule has 26 heavy (non-hydrogen) atoms. The Morgan fingerprint density at radius 1 is 1.00 bits per heavy atom. The van der Waals surface area contributed by atoms with Gasteiger partial charge in [0.2, 0.25) is 0 Å². The Bertz CT molecular complexity index is 760. The van der Waals surface area contributed by atoms with E-state index in [1.165, 1.54) is 0 Å². The summed E-state index contributed by atoms with van der Waals surface area (Å²) < 4.78 is 0. The zero-order valence-corrected chi connectivity index (χ0v) is 14.3. The van der Waals surface area contributed by atoms with Crippen molar-refractivity contribution in [2.75, 3.05) is 48.3 Å². The number of carbonyl (C=O) groups is 2. The van der Waals surface area contributed by atoms with Gasteiger partial charge in [0.1, 0.15) is 6.54 Å². The number of anilines is 3. The number of aliphatic carboxylic acids is 1. The van der Waals surface area contributed by atoms with Gasteiger partial charge >= 0.3 is 12.0 Å². The van der Waals surface area contributed by atoms with Gasteiger partial charge in [-0.25, -0.2) is 4.79 Å². The lowest BCUT2D eigenvalue weighted by Gasteiger charge is -2.36. The van der Waals surface area contributed by atoms with Crippen molar-refractivity contribution >= 4 is 29.1 Å². The van der Waals surface area contributed by atoms with Crippen LogP contribution in [0, 0.1) is 0 Å². The average molecular weight is 355 g/mol. The van der Waals surface area contributed by atoms with Crippen LogP contribution in [0.5, 0.6) is 0 Å². The number of carbonyl (C=O) groups excluding carboxylic acids is 1. The van der Waals surface area contributed by atoms with Gasteiger partial charge in [-0.05, 0) is 24.3 Å². The van der Waals surface area contributed by atoms with Crippen LogP contribution < -0.4 is 15.5 Å². The van der Waals surface area contributed by atoms with Gasteiger partial charge in [0, 0.05) is 44.3 Å². The van der Waals surface area contributed by atoms with Crippen LogP contribution in [0.25, 0.3) is 0 Å². The minimum absolute atomic E-state index is 0.191. The molecule has 0 radical (unpaired) electrons. The molecular weight excluding hydrogens is 334 g/mol. The second kappa shape index (κ2) is 8.19. The molecule has 1 aromatic heterocycles. The minimum Gasteiger partial charge on any atom is -0.480 e. The number of nitrogens with one attached hydrogen (secondary N) is 2. The van der Waals surface area contributed by atoms with Gasteiger partial charge in [0.25, 0.3) is 0 Å². The van der Waals surface area contributed by atoms with Crippen LogP contribution in [0.1, 0.15) is 0 Å². The quantitative estimate of drug-likeness (QED) is 0.758. The lowest BCUT2D eigenvalue weighted by atomic mass is 10.2. The van der Waals surface area contributed by atoms with E-state index in [2.05, 4.69) is 20.5 Å². The summed E-state index contributed by atoms with van der Waals surface area (Å²) in [7, 11) is 0. The molecule has 0 saturated carbocycles. The molecule has 0 aliphatic carbocycles. The minimum atomic E-state index is -0.960. The van der Waals surface area contributed by atoms with Crippen molar-refractivity contribution in [1.29, 1.82) is 0 Å². The van der Waals surface area contributed by atoms with Crippen LogP contribution in [0.3, 0.4) is 0 Å². The molecule has 1 saturated heterocycles. The van der Waals surface area contributed by atoms with E-state index in [-0.39, 0.29) is 12.6 Å². The number of piperazine rings is 1. The van der Waals surface area contributed by atoms with Crippen LogP contribution in [-0.2, 0) is 4.79 Å². The van der Waals surface area contributed by atoms with Gasteiger partial charge in [0.05, 0.1) is 11.4 Å². The number of hydrogen-bond acceptors (Lipinski definition) is 5. The Balaban J connectivity index is 1.57. The predicted molar refractivity (Wildman–Crippen MR) is 99.6 cm³/mol. The molecule has 0 spiro atoms. The number of benzene rings is 1. The fourth-order valence-electron chi connectivity index (χ4n) is 2.83. The van der Waals surface area contributed by atoms with Crippen molar-refractivity contribution in [3.63, 3.8) is 0 Å². The van der Waals surface area contributed by atoms with Crippen LogP contribution in [0.15, 0.2) is 48.8 Å². The topological polar surface area (TPSA) is 97.8 Å². The maximum atomic E-state index is 12.5. The van der Waals surface area contributed by atoms with Crippen molar-refractivity contribution in [2.24, 2.45) is 0 Å². The van der Waals surface area contributed by atoms with Crippen LogP contribution in [0.4, 0.5) is 21.9 Å². The standard InChI is InChI=1S/C18H21N5O3/c24-17(25)13-20-15-3-1-2-4-16(15)21-18(26)23-11-9-22(10-12-23)14-5-7-19-8-6-14/h1-8,20H,9-13H2,(H,21,26)(H,24,25). The van der Waals surface area contributed by atoms with Crippen molar-refractivity contribution < 1.29 is 14.7 Å². The first kappa shape index (κ1) is 17.5. The van der Waals surface area contributed by atoms with Crippen LogP contribution in [-0.4, -0.2) is 59.7 Å². The van der Waals surface area contributed by atoms with Gasteiger partial charge < -0.3 is 25.5 Å². The van der Waals surface area contributed by atoms with Crippen molar-refractivity contribution in [3.05, 3.63) is 48.8 Å². The number of rotatable bonds is 5. The number of carboxylic acid groups (broad SMARTS) is 1. The SMILES string of the molecule is O=C(O)CNc1ccccc1NC(=O)N1CCN(c2ccncc2)CC1. The molecule has 1 aliphatic rings. The molecule has 0 bridgehead atoms. The average Bonchev–Trinajstić information content (AvgIpc) is 2.68. The highest BCUT2D eigenvalue weighted by molar-refractivity contribution is 5.93. The highest BCUT2D eigenvalue weighted by atomic mass is 16.4. The first-order chi connectivity index (χ1) is 12.6. The molecule has 1 fully saturated rings. The number of carboxylic acids is 1. The third-order valence-corrected chi connectivity index (χ3v) is 4.19. The Labute approximate surface area is 151 Å². The van der Waals surface area contributed by atoms with Gasteiger partial charge in [-0.1, -0.05) is 12.1 Å². The summed E-state index contributed by atoms with van der Waals surface area (Å²) >= 11 is 0. The normalized spacial score (nSPS) is 14.0. The van der Waals surface area contributed by atoms with Gasteiger partial charge in [-0.15, -0.1) is 0 Å². The van der Waals surface area contributed by atoms with Crippen LogP contribution in [0.2, 0.25) is 0 Å². The summed E-state index contributed by atoms with van der Waals surface area (Å²) in [5.74, 6) is -0.960. The smallest absolute Gasteiger partial charge is 0.322 e. The van der Waals surface area contributed by atoms with E-state index in [0.717, 1.165) is 18.8 Å². The van der Waals surface area contributed by atoms with E-state index in [1.807, 2.05) is 12.1 Å². The summed E-state index contributed by atoms with van der Waals surface area (Å²) in [6.45, 7) is 2.50. The summed E-state index contributed by atoms with van der Waals surface area (Å²) in [5, 5.41) is 14.5. The fraction of sp³-hybridized carbons (Fsp3) is 0.278. The second-order valence-corrected chi connectivity index (χ2v) is 5.90. The maximum absolute atomic E-state index is 12.5. The first-order valence-corrected chi connectivity index (χ1v) is 8.39. The summed E-state index contributed by atoms with van der Waals surface area (Å²) in [6, 6.07) is 10.8. The van der Waals surface area contributed by atoms with Crippen molar-refractivity contribution in [2.45, 2.75) is 0 Å². The van der Waals surface area contributed by atoms with Gasteiger partial charge in [-0.2, -0.15) is 0 Å². The molecule has 8 heteroatoms. The van der Waals surface area contributed by atoms with Gasteiger partial charge in [-0.3, -0.25) is 9.78 Å². The molecule has 8 nitrogen and oxygen atoms in total. The van der Waals surface area contributed by atoms with Gasteiger partial charge in [0.15, 0.2) is 0 Å². The fourth-order valence-corrected chi connectivity index (χ4v) is 2.83. The third kappa shape index (κ3) is 4.41. The number of para-hydroxylation sites is 2. The molecule has 2 aromatic rings. The second-order valence-electron chi connectivity index (χ2n) is 5.90. The van der Waals surface area contributed by atoms with E-state index < -0.39 is 5.97 Å². The predicted octanol–water partition coefficient (Wildman–Crippen LogP) is 1.93. The zero-order valence-electron chi connectivity index (χ0n) is 14.3.